The van der Waals surface area contributed by atoms with Crippen LogP contribution in [-0.2, 0) is 5.41 Å². The van der Waals surface area contributed by atoms with Crippen molar-refractivity contribution in [3.05, 3.63) is 150 Å². The van der Waals surface area contributed by atoms with Crippen LogP contribution < -0.4 is 0 Å². The molecular weight excluding hydrogens is 450 g/mol. The van der Waals surface area contributed by atoms with Gasteiger partial charge in [-0.2, -0.15) is 0 Å². The summed E-state index contributed by atoms with van der Waals surface area (Å²) in [4.78, 5) is 13.9. The average molecular weight is 472 g/mol. The lowest BCUT2D eigenvalue weighted by atomic mass is 9.70. The van der Waals surface area contributed by atoms with Crippen LogP contribution in [0.1, 0.15) is 22.3 Å². The van der Waals surface area contributed by atoms with E-state index >= 15 is 0 Å². The van der Waals surface area contributed by atoms with E-state index in [-0.39, 0.29) is 5.41 Å². The fourth-order valence-corrected chi connectivity index (χ4v) is 6.40. The molecule has 3 nitrogen and oxygen atoms in total. The fourth-order valence-electron chi connectivity index (χ4n) is 6.40. The van der Waals surface area contributed by atoms with Crippen LogP contribution in [0, 0.1) is 0 Å². The van der Waals surface area contributed by atoms with E-state index in [9.17, 15) is 0 Å². The second-order valence-corrected chi connectivity index (χ2v) is 9.65. The number of rotatable bonds is 2. The molecule has 37 heavy (non-hydrogen) atoms. The lowest BCUT2D eigenvalue weighted by Gasteiger charge is -2.30. The Morgan fingerprint density at radius 2 is 0.892 bits per heavy atom. The number of hydrogen-bond acceptors (Lipinski definition) is 3. The molecule has 8 rings (SSSR count). The van der Waals surface area contributed by atoms with Crippen molar-refractivity contribution in [1.82, 2.24) is 15.0 Å². The molecule has 0 fully saturated rings. The topological polar surface area (TPSA) is 38.7 Å². The molecule has 0 bridgehead atoms. The Morgan fingerprint density at radius 3 is 1.49 bits per heavy atom. The Kier molecular flexibility index (Phi) is 4.15. The fraction of sp³-hybridized carbons (Fsp3) is 0.0294. The summed E-state index contributed by atoms with van der Waals surface area (Å²) < 4.78 is 0. The Morgan fingerprint density at radius 1 is 0.405 bits per heavy atom. The second-order valence-electron chi connectivity index (χ2n) is 9.65. The van der Waals surface area contributed by atoms with Crippen LogP contribution in [0.15, 0.2) is 128 Å². The highest BCUT2D eigenvalue weighted by Gasteiger charge is 2.51. The third-order valence-corrected chi connectivity index (χ3v) is 7.86. The van der Waals surface area contributed by atoms with Crippen molar-refractivity contribution in [2.75, 3.05) is 0 Å². The third kappa shape index (κ3) is 2.68. The number of benzene rings is 5. The van der Waals surface area contributed by atoms with E-state index in [0.29, 0.717) is 11.6 Å². The maximum absolute atomic E-state index is 4.87. The lowest BCUT2D eigenvalue weighted by molar-refractivity contribution is 0.794. The molecular formula is C34H21N3. The molecule has 3 heteroatoms. The summed E-state index contributed by atoms with van der Waals surface area (Å²) in [6.07, 6.45) is 1.61. The molecule has 1 heterocycles. The molecule has 2 aliphatic carbocycles. The second kappa shape index (κ2) is 7.55. The summed E-state index contributed by atoms with van der Waals surface area (Å²) in [5.41, 5.74) is 12.0. The average Bonchev–Trinajstić information content (AvgIpc) is 3.45. The highest BCUT2D eigenvalue weighted by atomic mass is 15.0. The van der Waals surface area contributed by atoms with Crippen LogP contribution in [0.25, 0.3) is 45.0 Å². The first-order chi connectivity index (χ1) is 18.4. The van der Waals surface area contributed by atoms with Gasteiger partial charge in [0.05, 0.1) is 5.41 Å². The number of nitrogens with zero attached hydrogens (tertiary/aromatic N) is 3. The molecule has 0 N–H and O–H groups in total. The van der Waals surface area contributed by atoms with E-state index in [1.54, 1.807) is 6.33 Å². The highest BCUT2D eigenvalue weighted by molar-refractivity contribution is 5.95. The predicted octanol–water partition coefficient (Wildman–Crippen LogP) is 7.55. The van der Waals surface area contributed by atoms with Gasteiger partial charge >= 0.3 is 0 Å². The Bertz CT molecular complexity index is 1770. The van der Waals surface area contributed by atoms with Gasteiger partial charge in [-0.3, -0.25) is 0 Å². The Labute approximate surface area is 215 Å². The smallest absolute Gasteiger partial charge is 0.163 e. The van der Waals surface area contributed by atoms with Crippen molar-refractivity contribution >= 4 is 0 Å². The quantitative estimate of drug-likeness (QED) is 0.261. The molecule has 0 radical (unpaired) electrons. The largest absolute Gasteiger partial charge is 0.217 e. The van der Waals surface area contributed by atoms with Crippen LogP contribution in [-0.4, -0.2) is 15.0 Å². The molecule has 1 aromatic heterocycles. The van der Waals surface area contributed by atoms with E-state index < -0.39 is 0 Å². The molecule has 0 atom stereocenters. The van der Waals surface area contributed by atoms with Crippen molar-refractivity contribution in [1.29, 1.82) is 0 Å². The van der Waals surface area contributed by atoms with Crippen molar-refractivity contribution in [2.45, 2.75) is 5.41 Å². The summed E-state index contributed by atoms with van der Waals surface area (Å²) in [7, 11) is 0. The zero-order chi connectivity index (χ0) is 24.4. The van der Waals surface area contributed by atoms with Gasteiger partial charge in [0.2, 0.25) is 0 Å². The van der Waals surface area contributed by atoms with E-state index in [2.05, 4.69) is 101 Å². The molecule has 0 aliphatic heterocycles. The number of aromatic nitrogens is 3. The molecule has 172 valence electrons. The van der Waals surface area contributed by atoms with E-state index in [0.717, 1.165) is 11.1 Å². The molecule has 2 aliphatic rings. The van der Waals surface area contributed by atoms with Gasteiger partial charge in [0.15, 0.2) is 11.6 Å². The van der Waals surface area contributed by atoms with Gasteiger partial charge in [-0.1, -0.05) is 115 Å². The van der Waals surface area contributed by atoms with Gasteiger partial charge in [0.1, 0.15) is 6.33 Å². The predicted molar refractivity (Wildman–Crippen MR) is 147 cm³/mol. The molecule has 6 aromatic rings. The van der Waals surface area contributed by atoms with Crippen LogP contribution in [0.4, 0.5) is 0 Å². The van der Waals surface area contributed by atoms with Gasteiger partial charge in [0, 0.05) is 11.1 Å². The number of fused-ring (bicyclic) bond motifs is 10. The van der Waals surface area contributed by atoms with Crippen molar-refractivity contribution in [3.63, 3.8) is 0 Å². The normalized spacial score (nSPS) is 13.6. The summed E-state index contributed by atoms with van der Waals surface area (Å²) in [5.74, 6) is 1.36. The molecule has 1 spiro atoms. The van der Waals surface area contributed by atoms with Crippen molar-refractivity contribution < 1.29 is 0 Å². The minimum atomic E-state index is -0.371. The minimum Gasteiger partial charge on any atom is -0.217 e. The molecule has 0 amide bonds. The van der Waals surface area contributed by atoms with Gasteiger partial charge in [-0.25, -0.2) is 15.0 Å². The monoisotopic (exact) mass is 471 g/mol. The molecule has 5 aromatic carbocycles. The summed E-state index contributed by atoms with van der Waals surface area (Å²) in [6, 6.07) is 43.3. The first-order valence-corrected chi connectivity index (χ1v) is 12.5. The molecule has 0 saturated carbocycles. The Hall–Kier alpha value is -4.89. The van der Waals surface area contributed by atoms with Crippen LogP contribution in [0.2, 0.25) is 0 Å². The van der Waals surface area contributed by atoms with Gasteiger partial charge in [-0.05, 0) is 50.6 Å². The third-order valence-electron chi connectivity index (χ3n) is 7.86. The van der Waals surface area contributed by atoms with Crippen LogP contribution in [0.5, 0.6) is 0 Å². The van der Waals surface area contributed by atoms with Gasteiger partial charge < -0.3 is 0 Å². The maximum Gasteiger partial charge on any atom is 0.163 e. The van der Waals surface area contributed by atoms with Crippen molar-refractivity contribution in [2.24, 2.45) is 0 Å². The van der Waals surface area contributed by atoms with Gasteiger partial charge in [-0.15, -0.1) is 0 Å². The zero-order valence-corrected chi connectivity index (χ0v) is 20.0. The zero-order valence-electron chi connectivity index (χ0n) is 20.0. The summed E-state index contributed by atoms with van der Waals surface area (Å²) in [6.45, 7) is 0. The first-order valence-electron chi connectivity index (χ1n) is 12.5. The first kappa shape index (κ1) is 20.3. The van der Waals surface area contributed by atoms with Crippen LogP contribution in [0.3, 0.4) is 0 Å². The highest BCUT2D eigenvalue weighted by Crippen LogP contribution is 2.62. The standard InChI is InChI=1S/C34H21N3/c1-2-10-22(11-3-1)32-35-21-36-33(37-32)23-18-19-27-26-14-6-9-17-30(26)34(31(27)20-23)28-15-7-4-12-24(28)25-13-5-8-16-29(25)34/h1-21H. The van der Waals surface area contributed by atoms with E-state index in [4.69, 9.17) is 4.98 Å². The minimum absolute atomic E-state index is 0.371. The maximum atomic E-state index is 4.87. The van der Waals surface area contributed by atoms with Crippen molar-refractivity contribution in [3.8, 4) is 45.0 Å². The SMILES string of the molecule is c1ccc(-c2ncnc(-c3ccc4c(c3)C3(c5ccccc5-c5ccccc53)c3ccccc3-4)n2)cc1. The summed E-state index contributed by atoms with van der Waals surface area (Å²) in [5, 5.41) is 0. The van der Waals surface area contributed by atoms with E-state index in [1.807, 2.05) is 30.3 Å². The lowest BCUT2D eigenvalue weighted by Crippen LogP contribution is -2.25. The van der Waals surface area contributed by atoms with E-state index in [1.165, 1.54) is 44.5 Å². The molecule has 0 saturated heterocycles. The number of hydrogen-bond donors (Lipinski definition) is 0. The van der Waals surface area contributed by atoms with Crippen LogP contribution >= 0.6 is 0 Å². The van der Waals surface area contributed by atoms with Gasteiger partial charge in [0.25, 0.3) is 0 Å². The Balaban J connectivity index is 1.41. The summed E-state index contributed by atoms with van der Waals surface area (Å²) >= 11 is 0. The molecule has 0 unspecified atom stereocenters.